The van der Waals surface area contributed by atoms with Gasteiger partial charge in [0.2, 0.25) is 10.0 Å². The first-order valence-electron chi connectivity index (χ1n) is 11.7. The fourth-order valence-electron chi connectivity index (χ4n) is 3.81. The molecule has 0 unspecified atom stereocenters. The maximum Gasteiger partial charge on any atom is 0.309 e. The Balaban J connectivity index is 1.38. The number of amides is 1. The molecule has 0 radical (unpaired) electrons. The van der Waals surface area contributed by atoms with Gasteiger partial charge in [-0.15, -0.1) is 0 Å². The van der Waals surface area contributed by atoms with Gasteiger partial charge in [-0.05, 0) is 48.7 Å². The predicted octanol–water partition coefficient (Wildman–Crippen LogP) is 2.65. The second-order valence-electron chi connectivity index (χ2n) is 8.34. The van der Waals surface area contributed by atoms with E-state index in [0.29, 0.717) is 12.0 Å². The van der Waals surface area contributed by atoms with E-state index in [2.05, 4.69) is 20.3 Å². The molecule has 10 heteroatoms. The van der Waals surface area contributed by atoms with Crippen molar-refractivity contribution in [3.63, 3.8) is 0 Å². The molecule has 0 bridgehead atoms. The summed E-state index contributed by atoms with van der Waals surface area (Å²) in [5.74, 6) is -0.306. The number of carbonyl (C=O) groups is 2. The number of nitrogens with zero attached hydrogens (tertiary/aromatic N) is 1. The number of ether oxygens (including phenoxy) is 1. The first kappa shape index (κ1) is 25.3. The van der Waals surface area contributed by atoms with Crippen LogP contribution in [0.3, 0.4) is 0 Å². The Bertz CT molecular complexity index is 1300. The van der Waals surface area contributed by atoms with Gasteiger partial charge in [-0.1, -0.05) is 42.5 Å². The number of aryl methyl sites for hydroxylation is 1. The first-order chi connectivity index (χ1) is 17.4. The van der Waals surface area contributed by atoms with Crippen molar-refractivity contribution in [1.29, 1.82) is 0 Å². The highest BCUT2D eigenvalue weighted by Gasteiger charge is 2.25. The molecule has 1 atom stereocenters. The van der Waals surface area contributed by atoms with Crippen molar-refractivity contribution in [3.8, 4) is 0 Å². The standard InChI is InChI=1S/C26H28N4O5S/c31-24(35-17-15-21-14-13-19-10-7-16-27-25(19)28-21)18-23(29-26(32)20-8-3-1-4-9-20)30-36(33,34)22-11-5-2-6-12-22/h1-6,8-9,11-14,23,30H,7,10,15-18H2,(H,27,28)(H,29,32)/t23-/m0/s1. The zero-order chi connectivity index (χ0) is 25.4. The van der Waals surface area contributed by atoms with Gasteiger partial charge in [0.05, 0.1) is 17.9 Å². The number of rotatable bonds is 10. The van der Waals surface area contributed by atoms with Crippen LogP contribution < -0.4 is 15.4 Å². The van der Waals surface area contributed by atoms with E-state index in [4.69, 9.17) is 4.74 Å². The maximum absolute atomic E-state index is 12.8. The van der Waals surface area contributed by atoms with Crippen molar-refractivity contribution in [2.45, 2.75) is 36.7 Å². The van der Waals surface area contributed by atoms with Crippen molar-refractivity contribution >= 4 is 27.7 Å². The second kappa shape index (κ2) is 11.8. The number of carbonyl (C=O) groups excluding carboxylic acids is 2. The van der Waals surface area contributed by atoms with Gasteiger partial charge in [0, 0.05) is 24.2 Å². The van der Waals surface area contributed by atoms with Gasteiger partial charge in [0.25, 0.3) is 5.91 Å². The van der Waals surface area contributed by atoms with E-state index in [0.717, 1.165) is 30.9 Å². The van der Waals surface area contributed by atoms with Crippen LogP contribution in [0, 0.1) is 0 Å². The van der Waals surface area contributed by atoms with Gasteiger partial charge in [0.1, 0.15) is 12.0 Å². The van der Waals surface area contributed by atoms with Crippen molar-refractivity contribution in [2.24, 2.45) is 0 Å². The number of anilines is 1. The molecule has 1 aliphatic rings. The molecule has 1 aromatic heterocycles. The number of fused-ring (bicyclic) bond motifs is 1. The van der Waals surface area contributed by atoms with Gasteiger partial charge in [-0.2, -0.15) is 4.72 Å². The Morgan fingerprint density at radius 3 is 2.47 bits per heavy atom. The normalized spacial score (nSPS) is 13.7. The summed E-state index contributed by atoms with van der Waals surface area (Å²) in [6.45, 7) is 0.961. The van der Waals surface area contributed by atoms with Crippen LogP contribution in [0.5, 0.6) is 0 Å². The number of hydrogen-bond donors (Lipinski definition) is 3. The highest BCUT2D eigenvalue weighted by molar-refractivity contribution is 7.89. The van der Waals surface area contributed by atoms with Gasteiger partial charge in [-0.25, -0.2) is 13.4 Å². The molecule has 0 aliphatic carbocycles. The SMILES string of the molecule is O=C(C[C@@H](NC(=O)c1ccccc1)NS(=O)(=O)c1ccccc1)OCCc1ccc2c(n1)NCCC2. The minimum Gasteiger partial charge on any atom is -0.465 e. The van der Waals surface area contributed by atoms with E-state index in [1.807, 2.05) is 12.1 Å². The summed E-state index contributed by atoms with van der Waals surface area (Å²) in [7, 11) is -3.99. The third-order valence-corrected chi connectivity index (χ3v) is 7.12. The topological polar surface area (TPSA) is 126 Å². The lowest BCUT2D eigenvalue weighted by atomic mass is 10.1. The minimum atomic E-state index is -3.99. The molecule has 2 aromatic carbocycles. The van der Waals surface area contributed by atoms with Gasteiger partial charge < -0.3 is 15.4 Å². The van der Waals surface area contributed by atoms with Crippen LogP contribution in [0.2, 0.25) is 0 Å². The van der Waals surface area contributed by atoms with Crippen LogP contribution in [0.4, 0.5) is 5.82 Å². The number of hydrogen-bond acceptors (Lipinski definition) is 7. The Labute approximate surface area is 210 Å². The molecule has 36 heavy (non-hydrogen) atoms. The zero-order valence-electron chi connectivity index (χ0n) is 19.6. The summed E-state index contributed by atoms with van der Waals surface area (Å²) in [5, 5.41) is 5.85. The van der Waals surface area contributed by atoms with Crippen LogP contribution >= 0.6 is 0 Å². The van der Waals surface area contributed by atoms with Crippen LogP contribution in [-0.4, -0.2) is 44.6 Å². The Hall–Kier alpha value is -3.76. The largest absolute Gasteiger partial charge is 0.465 e. The third-order valence-electron chi connectivity index (χ3n) is 5.64. The van der Waals surface area contributed by atoms with E-state index in [1.165, 1.54) is 17.7 Å². The molecule has 0 spiro atoms. The first-order valence-corrected chi connectivity index (χ1v) is 13.2. The average molecular weight is 509 g/mol. The van der Waals surface area contributed by atoms with E-state index in [-0.39, 0.29) is 17.9 Å². The maximum atomic E-state index is 12.8. The lowest BCUT2D eigenvalue weighted by molar-refractivity contribution is -0.144. The number of benzene rings is 2. The molecule has 3 N–H and O–H groups in total. The second-order valence-corrected chi connectivity index (χ2v) is 10.1. The molecule has 0 saturated carbocycles. The number of sulfonamides is 1. The molecular weight excluding hydrogens is 480 g/mol. The van der Waals surface area contributed by atoms with E-state index in [9.17, 15) is 18.0 Å². The lowest BCUT2D eigenvalue weighted by Gasteiger charge is -2.20. The predicted molar refractivity (Wildman–Crippen MR) is 135 cm³/mol. The smallest absolute Gasteiger partial charge is 0.309 e. The fraction of sp³-hybridized carbons (Fsp3) is 0.269. The van der Waals surface area contributed by atoms with Crippen molar-refractivity contribution in [3.05, 3.63) is 89.6 Å². The highest BCUT2D eigenvalue weighted by atomic mass is 32.2. The summed E-state index contributed by atoms with van der Waals surface area (Å²) in [4.78, 5) is 29.8. The van der Waals surface area contributed by atoms with Crippen LogP contribution in [-0.2, 0) is 32.4 Å². The molecule has 0 saturated heterocycles. The average Bonchev–Trinajstić information content (AvgIpc) is 2.89. The molecule has 1 aliphatic heterocycles. The number of nitrogens with one attached hydrogen (secondary N) is 3. The number of esters is 1. The summed E-state index contributed by atoms with van der Waals surface area (Å²) >= 11 is 0. The Morgan fingerprint density at radius 2 is 1.72 bits per heavy atom. The molecule has 9 nitrogen and oxygen atoms in total. The summed E-state index contributed by atoms with van der Waals surface area (Å²) < 4.78 is 33.4. The summed E-state index contributed by atoms with van der Waals surface area (Å²) in [6, 6.07) is 20.0. The minimum absolute atomic E-state index is 0.0180. The molecule has 1 amide bonds. The molecule has 4 rings (SSSR count). The van der Waals surface area contributed by atoms with Crippen molar-refractivity contribution < 1.29 is 22.7 Å². The van der Waals surface area contributed by atoms with E-state index in [1.54, 1.807) is 48.5 Å². The Kier molecular flexibility index (Phi) is 8.29. The fourth-order valence-corrected chi connectivity index (χ4v) is 4.98. The zero-order valence-corrected chi connectivity index (χ0v) is 20.5. The molecule has 188 valence electrons. The van der Waals surface area contributed by atoms with Crippen molar-refractivity contribution in [2.75, 3.05) is 18.5 Å². The van der Waals surface area contributed by atoms with Crippen LogP contribution in [0.25, 0.3) is 0 Å². The van der Waals surface area contributed by atoms with Crippen molar-refractivity contribution in [1.82, 2.24) is 15.0 Å². The van der Waals surface area contributed by atoms with Gasteiger partial charge >= 0.3 is 5.97 Å². The highest BCUT2D eigenvalue weighted by Crippen LogP contribution is 2.19. The lowest BCUT2D eigenvalue weighted by Crippen LogP contribution is -2.49. The third kappa shape index (κ3) is 6.89. The number of aromatic nitrogens is 1. The molecule has 2 heterocycles. The monoisotopic (exact) mass is 508 g/mol. The van der Waals surface area contributed by atoms with E-state index < -0.39 is 28.1 Å². The van der Waals surface area contributed by atoms with Crippen LogP contribution in [0.15, 0.2) is 77.7 Å². The van der Waals surface area contributed by atoms with Gasteiger partial charge in [0.15, 0.2) is 0 Å². The summed E-state index contributed by atoms with van der Waals surface area (Å²) in [6.07, 6.45) is 0.879. The summed E-state index contributed by atoms with van der Waals surface area (Å²) in [5.41, 5.74) is 2.29. The molecule has 3 aromatic rings. The van der Waals surface area contributed by atoms with Gasteiger partial charge in [-0.3, -0.25) is 9.59 Å². The Morgan fingerprint density at radius 1 is 1.00 bits per heavy atom. The molecule has 0 fully saturated rings. The number of pyridine rings is 1. The van der Waals surface area contributed by atoms with Crippen LogP contribution in [0.1, 0.15) is 34.5 Å². The van der Waals surface area contributed by atoms with E-state index >= 15 is 0 Å². The molecular formula is C26H28N4O5S. The quantitative estimate of drug-likeness (QED) is 0.284.